The van der Waals surface area contributed by atoms with Crippen molar-refractivity contribution in [3.63, 3.8) is 0 Å². The van der Waals surface area contributed by atoms with Gasteiger partial charge in [0.25, 0.3) is 11.8 Å². The lowest BCUT2D eigenvalue weighted by atomic mass is 10.0. The molecule has 3 atom stereocenters. The van der Waals surface area contributed by atoms with Gasteiger partial charge in [-0.25, -0.2) is 14.6 Å². The van der Waals surface area contributed by atoms with E-state index < -0.39 is 53.0 Å². The molecule has 0 bridgehead atoms. The van der Waals surface area contributed by atoms with Crippen LogP contribution in [0.2, 0.25) is 4.34 Å². The number of esters is 1. The first kappa shape index (κ1) is 37.9. The standard InChI is InChI=1S/C35H40ClN6O7PS/c1-34(2,3)48-33(46)40-32-39-22(27(36)51-32)23(41-49-35(4,5)6)28(43)38-24-29(44)42-25(21(17-37)18-50-30(24)42)31(45)47-26(19-13-9-7-10-14-19)20-15-11-8-12-16-20/h7-16,24,26,30,50H,17-18,37H2,1-6H3,(H,38,43)(H,39,40,46)/b41-23-. The molecule has 16 heteroatoms. The zero-order valence-electron chi connectivity index (χ0n) is 29.0. The maximum absolute atomic E-state index is 13.9. The number of nitrogens with two attached hydrogens (primary N) is 1. The second kappa shape index (κ2) is 15.5. The number of anilines is 1. The summed E-state index contributed by atoms with van der Waals surface area (Å²) >= 11 is 7.39. The van der Waals surface area contributed by atoms with Crippen LogP contribution in [0.15, 0.2) is 77.1 Å². The topological polar surface area (TPSA) is 175 Å². The van der Waals surface area contributed by atoms with Gasteiger partial charge in [0.2, 0.25) is 0 Å². The molecule has 3 heterocycles. The summed E-state index contributed by atoms with van der Waals surface area (Å²) in [5, 5.41) is 9.39. The lowest BCUT2D eigenvalue weighted by molar-refractivity contribution is -0.154. The highest BCUT2D eigenvalue weighted by Gasteiger charge is 2.54. The number of nitrogens with one attached hydrogen (secondary N) is 2. The molecule has 5 rings (SSSR count). The van der Waals surface area contributed by atoms with Crippen LogP contribution in [-0.4, -0.2) is 75.2 Å². The number of carbonyl (C=O) groups is 4. The minimum atomic E-state index is -0.992. The third-order valence-electron chi connectivity index (χ3n) is 7.40. The number of amides is 3. The Morgan fingerprint density at radius 1 is 1.04 bits per heavy atom. The van der Waals surface area contributed by atoms with Gasteiger partial charge in [-0.3, -0.25) is 19.8 Å². The maximum Gasteiger partial charge on any atom is 0.413 e. The Morgan fingerprint density at radius 3 is 2.20 bits per heavy atom. The third-order valence-corrected chi connectivity index (χ3v) is 10.2. The average molecular weight is 755 g/mol. The van der Waals surface area contributed by atoms with E-state index in [0.29, 0.717) is 11.7 Å². The number of rotatable bonds is 10. The van der Waals surface area contributed by atoms with Gasteiger partial charge in [-0.15, -0.1) is 0 Å². The Bertz CT molecular complexity index is 1820. The summed E-state index contributed by atoms with van der Waals surface area (Å²) in [7, 11) is 0.134. The Morgan fingerprint density at radius 2 is 1.65 bits per heavy atom. The molecule has 0 saturated carbocycles. The number of oxime groups is 1. The summed E-state index contributed by atoms with van der Waals surface area (Å²) in [4.78, 5) is 65.2. The molecule has 3 aromatic rings. The summed E-state index contributed by atoms with van der Waals surface area (Å²) in [5.74, 6) is -2.53. The molecule has 51 heavy (non-hydrogen) atoms. The number of halogens is 1. The van der Waals surface area contributed by atoms with Crippen LogP contribution < -0.4 is 16.4 Å². The number of carbonyl (C=O) groups excluding carboxylic acids is 4. The van der Waals surface area contributed by atoms with Crippen molar-refractivity contribution in [2.45, 2.75) is 70.7 Å². The number of hydrogen-bond acceptors (Lipinski definition) is 11. The molecule has 270 valence electrons. The molecule has 1 aromatic heterocycles. The molecule has 0 spiro atoms. The van der Waals surface area contributed by atoms with Crippen LogP contribution in [0.4, 0.5) is 9.93 Å². The summed E-state index contributed by atoms with van der Waals surface area (Å²) in [6.45, 7) is 10.4. The molecule has 2 aromatic carbocycles. The van der Waals surface area contributed by atoms with Crippen LogP contribution in [0.3, 0.4) is 0 Å². The van der Waals surface area contributed by atoms with E-state index in [0.717, 1.165) is 22.5 Å². The minimum Gasteiger partial charge on any atom is -0.448 e. The highest BCUT2D eigenvalue weighted by Crippen LogP contribution is 2.45. The first-order chi connectivity index (χ1) is 24.1. The highest BCUT2D eigenvalue weighted by atomic mass is 35.5. The Hall–Kier alpha value is -4.36. The van der Waals surface area contributed by atoms with Gasteiger partial charge < -0.3 is 25.4 Å². The molecule has 1 fully saturated rings. The normalized spacial score (nSPS) is 18.3. The van der Waals surface area contributed by atoms with E-state index in [2.05, 4.69) is 20.8 Å². The largest absolute Gasteiger partial charge is 0.448 e. The van der Waals surface area contributed by atoms with E-state index in [9.17, 15) is 19.2 Å². The van der Waals surface area contributed by atoms with Crippen molar-refractivity contribution in [2.75, 3.05) is 18.0 Å². The number of hydrogen-bond donors (Lipinski definition) is 3. The summed E-state index contributed by atoms with van der Waals surface area (Å²) in [6, 6.07) is 17.6. The summed E-state index contributed by atoms with van der Waals surface area (Å²) in [6.07, 6.45) is -1.06. The molecule has 0 aliphatic carbocycles. The second-order valence-electron chi connectivity index (χ2n) is 13.7. The lowest BCUT2D eigenvalue weighted by Gasteiger charge is -2.50. The lowest BCUT2D eigenvalue weighted by Crippen LogP contribution is -2.70. The number of thiazole rings is 1. The fourth-order valence-corrected chi connectivity index (χ4v) is 7.90. The van der Waals surface area contributed by atoms with Crippen molar-refractivity contribution in [2.24, 2.45) is 10.9 Å². The van der Waals surface area contributed by atoms with Gasteiger partial charge in [-0.05, 0) is 64.4 Å². The van der Waals surface area contributed by atoms with Crippen molar-refractivity contribution in [3.05, 3.63) is 93.1 Å². The quantitative estimate of drug-likeness (QED) is 0.0788. The zero-order chi connectivity index (χ0) is 37.1. The number of ether oxygens (including phenoxy) is 2. The summed E-state index contributed by atoms with van der Waals surface area (Å²) < 4.78 is 11.4. The monoisotopic (exact) mass is 754 g/mol. The molecule has 1 saturated heterocycles. The van der Waals surface area contributed by atoms with Crippen molar-refractivity contribution in [1.82, 2.24) is 15.2 Å². The van der Waals surface area contributed by atoms with Gasteiger partial charge >= 0.3 is 12.1 Å². The fraction of sp³-hybridized carbons (Fsp3) is 0.371. The molecule has 13 nitrogen and oxygen atoms in total. The molecular weight excluding hydrogens is 715 g/mol. The molecular formula is C35H40ClN6O7PS. The molecule has 2 aliphatic rings. The number of fused-ring (bicyclic) bond motifs is 1. The van der Waals surface area contributed by atoms with Crippen LogP contribution in [0, 0.1) is 0 Å². The summed E-state index contributed by atoms with van der Waals surface area (Å²) in [5.41, 5.74) is 6.34. The van der Waals surface area contributed by atoms with Crippen molar-refractivity contribution >= 4 is 66.2 Å². The van der Waals surface area contributed by atoms with E-state index in [1.807, 2.05) is 60.7 Å². The molecule has 3 unspecified atom stereocenters. The number of aromatic nitrogens is 1. The Kier molecular flexibility index (Phi) is 11.5. The minimum absolute atomic E-state index is 0.0421. The average Bonchev–Trinajstić information content (AvgIpc) is 3.43. The van der Waals surface area contributed by atoms with Gasteiger partial charge in [0.05, 0.1) is 5.78 Å². The maximum atomic E-state index is 13.9. The van der Waals surface area contributed by atoms with Crippen LogP contribution in [0.1, 0.15) is 64.5 Å². The van der Waals surface area contributed by atoms with E-state index in [1.54, 1.807) is 41.5 Å². The second-order valence-corrected chi connectivity index (χ2v) is 16.6. The molecule has 2 aliphatic heterocycles. The first-order valence-corrected chi connectivity index (χ1v) is 18.6. The SMILES string of the molecule is CC(C)(C)O/N=C(\C(=O)NC1C(=O)N2C(C(=O)OC(c3ccccc3)c3ccccc3)=C(CN)CPC12)c1nc(NC(=O)OC(C)(C)C)sc1Cl. The number of β-lactam (4-membered cyclic amide) rings is 1. The predicted molar refractivity (Wildman–Crippen MR) is 197 cm³/mol. The van der Waals surface area contributed by atoms with Gasteiger partial charge in [0.15, 0.2) is 16.9 Å². The van der Waals surface area contributed by atoms with Gasteiger partial charge in [-0.1, -0.05) is 97.3 Å². The predicted octanol–water partition coefficient (Wildman–Crippen LogP) is 5.55. The third kappa shape index (κ3) is 9.12. The van der Waals surface area contributed by atoms with E-state index in [1.165, 1.54) is 4.90 Å². The Labute approximate surface area is 306 Å². The first-order valence-electron chi connectivity index (χ1n) is 16.1. The number of nitrogens with zero attached hydrogens (tertiary/aromatic N) is 3. The number of benzene rings is 2. The van der Waals surface area contributed by atoms with Crippen molar-refractivity contribution < 1.29 is 33.5 Å². The molecule has 3 amide bonds. The smallest absolute Gasteiger partial charge is 0.413 e. The van der Waals surface area contributed by atoms with E-state index >= 15 is 0 Å². The van der Waals surface area contributed by atoms with Crippen molar-refractivity contribution in [3.8, 4) is 0 Å². The van der Waals surface area contributed by atoms with Crippen LogP contribution in [0.5, 0.6) is 0 Å². The van der Waals surface area contributed by atoms with Gasteiger partial charge in [0.1, 0.15) is 33.0 Å². The molecule has 4 N–H and O–H groups in total. The zero-order valence-corrected chi connectivity index (χ0v) is 31.6. The van der Waals surface area contributed by atoms with E-state index in [4.69, 9.17) is 31.6 Å². The van der Waals surface area contributed by atoms with Crippen LogP contribution in [-0.2, 0) is 28.7 Å². The van der Waals surface area contributed by atoms with Gasteiger partial charge in [0, 0.05) is 6.54 Å². The van der Waals surface area contributed by atoms with Crippen molar-refractivity contribution in [1.29, 1.82) is 0 Å². The van der Waals surface area contributed by atoms with Crippen LogP contribution in [0.25, 0.3) is 0 Å². The highest BCUT2D eigenvalue weighted by molar-refractivity contribution is 7.39. The van der Waals surface area contributed by atoms with Crippen LogP contribution >= 0.6 is 31.5 Å². The Balaban J connectivity index is 1.37. The molecule has 0 radical (unpaired) electrons. The fourth-order valence-electron chi connectivity index (χ4n) is 5.20. The van der Waals surface area contributed by atoms with E-state index in [-0.39, 0.29) is 41.7 Å². The van der Waals surface area contributed by atoms with Gasteiger partial charge in [-0.2, -0.15) is 0 Å².